The van der Waals surface area contributed by atoms with E-state index >= 15 is 0 Å². The summed E-state index contributed by atoms with van der Waals surface area (Å²) in [6.07, 6.45) is -0.477. The van der Waals surface area contributed by atoms with Crippen molar-refractivity contribution in [3.63, 3.8) is 0 Å². The van der Waals surface area contributed by atoms with Crippen molar-refractivity contribution < 1.29 is 24.2 Å². The van der Waals surface area contributed by atoms with Gasteiger partial charge in [0, 0.05) is 6.42 Å². The Hall–Kier alpha value is -2.08. The summed E-state index contributed by atoms with van der Waals surface area (Å²) in [5, 5.41) is 9.27. The molecule has 0 saturated carbocycles. The van der Waals surface area contributed by atoms with Crippen LogP contribution in [-0.2, 0) is 20.9 Å². The first-order valence-electron chi connectivity index (χ1n) is 7.26. The second kappa shape index (κ2) is 6.79. The maximum atomic E-state index is 11.8. The third-order valence-electron chi connectivity index (χ3n) is 3.70. The Morgan fingerprint density at radius 3 is 2.68 bits per heavy atom. The Bertz CT molecular complexity index is 529. The van der Waals surface area contributed by atoms with Crippen LogP contribution in [0.25, 0.3) is 0 Å². The molecule has 0 aliphatic carbocycles. The van der Waals surface area contributed by atoms with Crippen molar-refractivity contribution in [3.8, 4) is 0 Å². The van der Waals surface area contributed by atoms with Gasteiger partial charge in [0.1, 0.15) is 12.3 Å². The van der Waals surface area contributed by atoms with Gasteiger partial charge in [0.05, 0.1) is 12.6 Å². The van der Waals surface area contributed by atoms with Gasteiger partial charge in [-0.3, -0.25) is 9.69 Å². The molecule has 1 aromatic carbocycles. The molecule has 6 nitrogen and oxygen atoms in total. The molecule has 0 unspecified atom stereocenters. The summed E-state index contributed by atoms with van der Waals surface area (Å²) in [5.74, 6) is -0.334. The number of esters is 1. The Balaban J connectivity index is 1.80. The van der Waals surface area contributed by atoms with E-state index in [1.54, 1.807) is 13.8 Å². The van der Waals surface area contributed by atoms with Crippen LogP contribution in [-0.4, -0.2) is 40.4 Å². The first-order chi connectivity index (χ1) is 10.4. The highest BCUT2D eigenvalue weighted by Crippen LogP contribution is 2.29. The van der Waals surface area contributed by atoms with Crippen LogP contribution in [0, 0.1) is 0 Å². The first-order valence-corrected chi connectivity index (χ1v) is 7.26. The highest BCUT2D eigenvalue weighted by molar-refractivity contribution is 5.70. The molecule has 1 aliphatic rings. The number of ether oxygens (including phenoxy) is 2. The summed E-state index contributed by atoms with van der Waals surface area (Å²) >= 11 is 0. The van der Waals surface area contributed by atoms with Crippen LogP contribution in [0.1, 0.15) is 32.3 Å². The average Bonchev–Trinajstić information content (AvgIpc) is 2.79. The largest absolute Gasteiger partial charge is 0.465 e. The van der Waals surface area contributed by atoms with E-state index in [1.165, 1.54) is 4.90 Å². The number of carboxylic acid groups (broad SMARTS) is 1. The van der Waals surface area contributed by atoms with Crippen molar-refractivity contribution in [2.24, 2.45) is 0 Å². The Morgan fingerprint density at radius 2 is 2.05 bits per heavy atom. The monoisotopic (exact) mass is 307 g/mol. The van der Waals surface area contributed by atoms with E-state index in [4.69, 9.17) is 9.47 Å². The second-order valence-electron chi connectivity index (χ2n) is 5.75. The average molecular weight is 307 g/mol. The fourth-order valence-electron chi connectivity index (χ4n) is 2.58. The minimum Gasteiger partial charge on any atom is -0.465 e. The van der Waals surface area contributed by atoms with Gasteiger partial charge in [-0.1, -0.05) is 30.3 Å². The zero-order valence-corrected chi connectivity index (χ0v) is 12.8. The van der Waals surface area contributed by atoms with Crippen LogP contribution in [0.4, 0.5) is 4.79 Å². The van der Waals surface area contributed by atoms with E-state index in [0.29, 0.717) is 13.0 Å². The number of amides is 1. The molecular weight excluding hydrogens is 286 g/mol. The molecule has 1 saturated heterocycles. The van der Waals surface area contributed by atoms with Crippen LogP contribution < -0.4 is 0 Å². The van der Waals surface area contributed by atoms with Crippen LogP contribution in [0.5, 0.6) is 0 Å². The molecule has 1 aliphatic heterocycles. The highest BCUT2D eigenvalue weighted by atomic mass is 16.5. The smallest absolute Gasteiger partial charge is 0.409 e. The molecule has 0 bridgehead atoms. The summed E-state index contributed by atoms with van der Waals surface area (Å²) < 4.78 is 10.7. The molecule has 22 heavy (non-hydrogen) atoms. The van der Waals surface area contributed by atoms with Crippen LogP contribution >= 0.6 is 0 Å². The van der Waals surface area contributed by atoms with Crippen molar-refractivity contribution >= 4 is 12.1 Å². The van der Waals surface area contributed by atoms with Gasteiger partial charge in [-0.05, 0) is 25.8 Å². The summed E-state index contributed by atoms with van der Waals surface area (Å²) in [7, 11) is 0. The molecule has 1 heterocycles. The SMILES string of the molecule is CC1(C)OC[C@H](CCC(=O)OCc2ccccc2)N1C(=O)O. The lowest BCUT2D eigenvalue weighted by atomic mass is 10.1. The predicted molar refractivity (Wildman–Crippen MR) is 79.2 cm³/mol. The number of hydrogen-bond acceptors (Lipinski definition) is 4. The third-order valence-corrected chi connectivity index (χ3v) is 3.70. The molecule has 2 rings (SSSR count). The van der Waals surface area contributed by atoms with E-state index in [1.807, 2.05) is 30.3 Å². The van der Waals surface area contributed by atoms with Crippen molar-refractivity contribution in [1.82, 2.24) is 4.90 Å². The molecule has 1 N–H and O–H groups in total. The number of carbonyl (C=O) groups is 2. The fraction of sp³-hybridized carbons (Fsp3) is 0.500. The number of hydrogen-bond donors (Lipinski definition) is 1. The maximum absolute atomic E-state index is 11.8. The maximum Gasteiger partial charge on any atom is 0.409 e. The van der Waals surface area contributed by atoms with Crippen molar-refractivity contribution in [3.05, 3.63) is 35.9 Å². The van der Waals surface area contributed by atoms with Gasteiger partial charge in [0.15, 0.2) is 0 Å². The topological polar surface area (TPSA) is 76.1 Å². The van der Waals surface area contributed by atoms with Gasteiger partial charge in [0.2, 0.25) is 0 Å². The standard InChI is InChI=1S/C16H21NO5/c1-16(2)17(15(19)20)13(11-22-16)8-9-14(18)21-10-12-6-4-3-5-7-12/h3-7,13H,8-11H2,1-2H3,(H,19,20)/t13-/m0/s1. The molecule has 0 aromatic heterocycles. The van der Waals surface area contributed by atoms with Crippen LogP contribution in [0.15, 0.2) is 30.3 Å². The predicted octanol–water partition coefficient (Wildman–Crippen LogP) is 2.62. The number of rotatable bonds is 5. The summed E-state index contributed by atoms with van der Waals surface area (Å²) in [6, 6.07) is 9.10. The zero-order valence-electron chi connectivity index (χ0n) is 12.8. The summed E-state index contributed by atoms with van der Waals surface area (Å²) in [6.45, 7) is 3.93. The molecule has 0 radical (unpaired) electrons. The van der Waals surface area contributed by atoms with E-state index in [2.05, 4.69) is 0 Å². The molecule has 6 heteroatoms. The van der Waals surface area contributed by atoms with E-state index < -0.39 is 11.8 Å². The fourth-order valence-corrected chi connectivity index (χ4v) is 2.58. The van der Waals surface area contributed by atoms with Gasteiger partial charge in [0.25, 0.3) is 0 Å². The quantitative estimate of drug-likeness (QED) is 0.846. The van der Waals surface area contributed by atoms with Gasteiger partial charge in [-0.2, -0.15) is 0 Å². The minimum atomic E-state index is -1.04. The van der Waals surface area contributed by atoms with Gasteiger partial charge in [-0.25, -0.2) is 4.79 Å². The number of carbonyl (C=O) groups excluding carboxylic acids is 1. The van der Waals surface area contributed by atoms with Crippen molar-refractivity contribution in [1.29, 1.82) is 0 Å². The zero-order chi connectivity index (χ0) is 16.2. The Morgan fingerprint density at radius 1 is 1.36 bits per heavy atom. The lowest BCUT2D eigenvalue weighted by Crippen LogP contribution is -2.47. The minimum absolute atomic E-state index is 0.167. The third kappa shape index (κ3) is 3.98. The Kier molecular flexibility index (Phi) is 5.03. The van der Waals surface area contributed by atoms with E-state index in [0.717, 1.165) is 5.56 Å². The molecule has 1 aromatic rings. The van der Waals surface area contributed by atoms with Crippen molar-refractivity contribution in [2.75, 3.05) is 6.61 Å². The lowest BCUT2D eigenvalue weighted by Gasteiger charge is -2.30. The summed E-state index contributed by atoms with van der Waals surface area (Å²) in [4.78, 5) is 24.4. The second-order valence-corrected chi connectivity index (χ2v) is 5.75. The molecular formula is C16H21NO5. The normalized spacial score (nSPS) is 19.9. The number of nitrogens with zero attached hydrogens (tertiary/aromatic N) is 1. The molecule has 1 fully saturated rings. The van der Waals surface area contributed by atoms with E-state index in [-0.39, 0.29) is 25.0 Å². The molecule has 0 spiro atoms. The lowest BCUT2D eigenvalue weighted by molar-refractivity contribution is -0.145. The van der Waals surface area contributed by atoms with Crippen molar-refractivity contribution in [2.45, 2.75) is 45.1 Å². The highest BCUT2D eigenvalue weighted by Gasteiger charge is 2.43. The van der Waals surface area contributed by atoms with Crippen LogP contribution in [0.3, 0.4) is 0 Å². The van der Waals surface area contributed by atoms with Gasteiger partial charge < -0.3 is 14.6 Å². The van der Waals surface area contributed by atoms with E-state index in [9.17, 15) is 14.7 Å². The molecule has 1 amide bonds. The van der Waals surface area contributed by atoms with Gasteiger partial charge in [-0.15, -0.1) is 0 Å². The number of benzene rings is 1. The van der Waals surface area contributed by atoms with Gasteiger partial charge >= 0.3 is 12.1 Å². The Labute approximate surface area is 129 Å². The molecule has 1 atom stereocenters. The summed E-state index contributed by atoms with van der Waals surface area (Å²) in [5.41, 5.74) is 0.0677. The first kappa shape index (κ1) is 16.3. The van der Waals surface area contributed by atoms with Crippen LogP contribution in [0.2, 0.25) is 0 Å². The molecule has 120 valence electrons.